The summed E-state index contributed by atoms with van der Waals surface area (Å²) >= 11 is 0. The SMILES string of the molecule is C#C[C@@H]1CN(C(=O)[C@H](N)Cc2ccc(C)cc2C)[C@@H](CCCN=C(N)N)CN1C(=O)Cc1ccc2ccccc2c1. The predicted molar refractivity (Wildman–Crippen MR) is 165 cm³/mol. The van der Waals surface area contributed by atoms with E-state index in [0.717, 1.165) is 33.0 Å². The van der Waals surface area contributed by atoms with Gasteiger partial charge >= 0.3 is 0 Å². The van der Waals surface area contributed by atoms with E-state index in [1.54, 1.807) is 9.80 Å². The van der Waals surface area contributed by atoms with Crippen molar-refractivity contribution in [2.45, 2.75) is 57.7 Å². The number of carbonyl (C=O) groups is 2. The van der Waals surface area contributed by atoms with Crippen molar-refractivity contribution in [1.82, 2.24) is 9.80 Å². The maximum Gasteiger partial charge on any atom is 0.240 e. The van der Waals surface area contributed by atoms with E-state index in [2.05, 4.69) is 17.0 Å². The lowest BCUT2D eigenvalue weighted by Crippen LogP contribution is -2.63. The van der Waals surface area contributed by atoms with Crippen LogP contribution in [0.25, 0.3) is 10.8 Å². The van der Waals surface area contributed by atoms with Crippen LogP contribution in [0.15, 0.2) is 65.7 Å². The van der Waals surface area contributed by atoms with Crippen LogP contribution in [0, 0.1) is 26.2 Å². The molecule has 0 aromatic heterocycles. The smallest absolute Gasteiger partial charge is 0.240 e. The fourth-order valence-electron chi connectivity index (χ4n) is 5.59. The number of nitrogens with zero attached hydrogens (tertiary/aromatic N) is 3. The van der Waals surface area contributed by atoms with Gasteiger partial charge in [0.05, 0.1) is 19.0 Å². The largest absolute Gasteiger partial charge is 0.370 e. The lowest BCUT2D eigenvalue weighted by Gasteiger charge is -2.45. The summed E-state index contributed by atoms with van der Waals surface area (Å²) in [5.74, 6) is 2.55. The van der Waals surface area contributed by atoms with Gasteiger partial charge in [0.25, 0.3) is 0 Å². The number of nitrogens with two attached hydrogens (primary N) is 3. The molecule has 1 saturated heterocycles. The van der Waals surface area contributed by atoms with Crippen molar-refractivity contribution in [1.29, 1.82) is 0 Å². The molecule has 3 atom stereocenters. The van der Waals surface area contributed by atoms with E-state index in [-0.39, 0.29) is 36.8 Å². The molecule has 0 bridgehead atoms. The molecule has 6 N–H and O–H groups in total. The van der Waals surface area contributed by atoms with Crippen LogP contribution >= 0.6 is 0 Å². The highest BCUT2D eigenvalue weighted by Crippen LogP contribution is 2.23. The third-order valence-electron chi connectivity index (χ3n) is 7.80. The van der Waals surface area contributed by atoms with Crippen LogP contribution in [0.1, 0.15) is 35.1 Å². The zero-order valence-electron chi connectivity index (χ0n) is 23.9. The van der Waals surface area contributed by atoms with Crippen molar-refractivity contribution in [3.63, 3.8) is 0 Å². The second kappa shape index (κ2) is 13.3. The highest BCUT2D eigenvalue weighted by atomic mass is 16.2. The minimum atomic E-state index is -0.727. The maximum absolute atomic E-state index is 13.7. The van der Waals surface area contributed by atoms with E-state index < -0.39 is 12.1 Å². The average Bonchev–Trinajstić information content (AvgIpc) is 2.95. The van der Waals surface area contributed by atoms with E-state index >= 15 is 0 Å². The molecule has 1 aliphatic heterocycles. The lowest BCUT2D eigenvalue weighted by molar-refractivity contribution is -0.145. The van der Waals surface area contributed by atoms with E-state index in [4.69, 9.17) is 23.6 Å². The Hall–Kier alpha value is -4.35. The second-order valence-corrected chi connectivity index (χ2v) is 10.9. The number of aliphatic imine (C=N–C) groups is 1. The van der Waals surface area contributed by atoms with Gasteiger partial charge in [-0.1, -0.05) is 72.1 Å². The van der Waals surface area contributed by atoms with Gasteiger partial charge in [0.1, 0.15) is 6.04 Å². The minimum Gasteiger partial charge on any atom is -0.370 e. The standard InChI is InChI=1S/C33H40N6O2/c1-4-28-20-39(32(41)30(34)19-26-13-11-22(2)16-23(26)3)29(10-7-15-37-33(35)36)21-38(28)31(40)18-24-12-14-25-8-5-6-9-27(25)17-24/h1,5-6,8-9,11-14,16-17,28-30H,7,10,15,18-21,34H2,2-3H3,(H4,35,36,37)/t28-,29+,30-/m1/s1. The molecule has 3 aromatic rings. The van der Waals surface area contributed by atoms with E-state index in [9.17, 15) is 9.59 Å². The van der Waals surface area contributed by atoms with Crippen molar-refractivity contribution < 1.29 is 9.59 Å². The number of hydrogen-bond donors (Lipinski definition) is 3. The summed E-state index contributed by atoms with van der Waals surface area (Å²) < 4.78 is 0. The molecule has 2 amide bonds. The molecule has 0 saturated carbocycles. The summed E-state index contributed by atoms with van der Waals surface area (Å²) in [6.45, 7) is 5.05. The molecule has 1 aliphatic rings. The fourth-order valence-corrected chi connectivity index (χ4v) is 5.59. The number of fused-ring (bicyclic) bond motifs is 1. The topological polar surface area (TPSA) is 131 Å². The Morgan fingerprint density at radius 3 is 2.49 bits per heavy atom. The molecule has 8 nitrogen and oxygen atoms in total. The first-order valence-corrected chi connectivity index (χ1v) is 14.1. The highest BCUT2D eigenvalue weighted by molar-refractivity contribution is 5.86. The summed E-state index contributed by atoms with van der Waals surface area (Å²) in [6.07, 6.45) is 7.84. The van der Waals surface area contributed by atoms with Gasteiger partial charge < -0.3 is 27.0 Å². The predicted octanol–water partition coefficient (Wildman–Crippen LogP) is 2.66. The second-order valence-electron chi connectivity index (χ2n) is 10.9. The minimum absolute atomic E-state index is 0.0247. The quantitative estimate of drug-likeness (QED) is 0.163. The molecule has 4 rings (SSSR count). The third kappa shape index (κ3) is 7.44. The first-order valence-electron chi connectivity index (χ1n) is 14.1. The molecule has 0 spiro atoms. The summed E-state index contributed by atoms with van der Waals surface area (Å²) in [6, 6.07) is 18.7. The number of hydrogen-bond acceptors (Lipinski definition) is 4. The van der Waals surface area contributed by atoms with Gasteiger partial charge in [0, 0.05) is 19.1 Å². The number of piperazine rings is 1. The first-order chi connectivity index (χ1) is 19.7. The van der Waals surface area contributed by atoms with Crippen LogP contribution in [-0.2, 0) is 22.4 Å². The van der Waals surface area contributed by atoms with Gasteiger partial charge in [-0.2, -0.15) is 0 Å². The molecular formula is C33H40N6O2. The Bertz CT molecular complexity index is 1470. The van der Waals surface area contributed by atoms with Crippen molar-refractivity contribution in [3.05, 3.63) is 82.9 Å². The Labute approximate surface area is 242 Å². The molecule has 214 valence electrons. The normalized spacial score (nSPS) is 17.6. The number of aryl methyl sites for hydroxylation is 2. The average molecular weight is 553 g/mol. The Morgan fingerprint density at radius 1 is 1.02 bits per heavy atom. The van der Waals surface area contributed by atoms with Crippen molar-refractivity contribution >= 4 is 28.5 Å². The van der Waals surface area contributed by atoms with E-state index in [1.807, 2.05) is 68.4 Å². The Balaban J connectivity index is 1.52. The van der Waals surface area contributed by atoms with Gasteiger partial charge in [-0.15, -0.1) is 6.42 Å². The zero-order valence-corrected chi connectivity index (χ0v) is 23.9. The molecule has 1 fully saturated rings. The number of benzene rings is 3. The number of rotatable bonds is 9. The van der Waals surface area contributed by atoms with Crippen LogP contribution in [0.2, 0.25) is 0 Å². The summed E-state index contributed by atoms with van der Waals surface area (Å²) in [7, 11) is 0. The molecule has 0 aliphatic carbocycles. The number of terminal acetylenes is 1. The van der Waals surface area contributed by atoms with Gasteiger partial charge in [0.2, 0.25) is 11.8 Å². The van der Waals surface area contributed by atoms with Crippen LogP contribution in [-0.4, -0.2) is 65.3 Å². The fraction of sp³-hybridized carbons (Fsp3) is 0.364. The van der Waals surface area contributed by atoms with Crippen LogP contribution in [0.4, 0.5) is 0 Å². The number of amides is 2. The lowest BCUT2D eigenvalue weighted by atomic mass is 9.96. The summed E-state index contributed by atoms with van der Waals surface area (Å²) in [5.41, 5.74) is 21.7. The third-order valence-corrected chi connectivity index (χ3v) is 7.80. The molecule has 3 aromatic carbocycles. The monoisotopic (exact) mass is 552 g/mol. The number of carbonyl (C=O) groups excluding carboxylic acids is 2. The number of guanidine groups is 1. The Kier molecular flexibility index (Phi) is 9.64. The van der Waals surface area contributed by atoms with Crippen LogP contribution < -0.4 is 17.2 Å². The molecule has 41 heavy (non-hydrogen) atoms. The van der Waals surface area contributed by atoms with Gasteiger partial charge in [-0.05, 0) is 60.6 Å². The van der Waals surface area contributed by atoms with Gasteiger partial charge in [-0.3, -0.25) is 14.6 Å². The van der Waals surface area contributed by atoms with Crippen LogP contribution in [0.5, 0.6) is 0 Å². The van der Waals surface area contributed by atoms with Crippen molar-refractivity contribution in [2.24, 2.45) is 22.2 Å². The zero-order chi connectivity index (χ0) is 29.5. The Morgan fingerprint density at radius 2 is 1.78 bits per heavy atom. The summed E-state index contributed by atoms with van der Waals surface area (Å²) in [5, 5.41) is 2.20. The van der Waals surface area contributed by atoms with E-state index in [1.165, 1.54) is 0 Å². The highest BCUT2D eigenvalue weighted by Gasteiger charge is 2.39. The van der Waals surface area contributed by atoms with Crippen molar-refractivity contribution in [2.75, 3.05) is 19.6 Å². The molecule has 1 heterocycles. The molecule has 0 unspecified atom stereocenters. The first kappa shape index (κ1) is 29.6. The molecule has 8 heteroatoms. The van der Waals surface area contributed by atoms with Gasteiger partial charge in [0.15, 0.2) is 5.96 Å². The van der Waals surface area contributed by atoms with Gasteiger partial charge in [-0.25, -0.2) is 0 Å². The van der Waals surface area contributed by atoms with Crippen molar-refractivity contribution in [3.8, 4) is 12.3 Å². The van der Waals surface area contributed by atoms with Crippen LogP contribution in [0.3, 0.4) is 0 Å². The molecule has 0 radical (unpaired) electrons. The molecular weight excluding hydrogens is 512 g/mol. The maximum atomic E-state index is 13.7. The summed E-state index contributed by atoms with van der Waals surface area (Å²) in [4.78, 5) is 34.9. The van der Waals surface area contributed by atoms with E-state index in [0.29, 0.717) is 32.4 Å².